The molecule has 2 aliphatic heterocycles. The first kappa shape index (κ1) is 31.4. The number of cyclic esters (lactones) is 1. The number of esters is 1. The van der Waals surface area contributed by atoms with E-state index in [1.54, 1.807) is 6.92 Å². The number of hydrogen-bond acceptors (Lipinski definition) is 8. The van der Waals surface area contributed by atoms with Crippen molar-refractivity contribution in [1.29, 1.82) is 0 Å². The topological polar surface area (TPSA) is 139 Å². The number of carbonyl (C=O) groups excluding carboxylic acids is 4. The minimum absolute atomic E-state index is 0.132. The van der Waals surface area contributed by atoms with Crippen molar-refractivity contribution < 1.29 is 28.7 Å². The Morgan fingerprint density at radius 1 is 0.952 bits per heavy atom. The molecule has 0 saturated carbocycles. The Morgan fingerprint density at radius 3 is 2.55 bits per heavy atom. The number of pyridine rings is 1. The fourth-order valence-corrected chi connectivity index (χ4v) is 5.19. The predicted octanol–water partition coefficient (Wildman–Crippen LogP) is 2.72. The highest BCUT2D eigenvalue weighted by atomic mass is 16.5. The van der Waals surface area contributed by atoms with Crippen LogP contribution >= 0.6 is 0 Å². The quantitative estimate of drug-likeness (QED) is 0.437. The fourth-order valence-electron chi connectivity index (χ4n) is 5.19. The van der Waals surface area contributed by atoms with Gasteiger partial charge in [-0.3, -0.25) is 29.2 Å². The summed E-state index contributed by atoms with van der Waals surface area (Å²) in [6.45, 7) is 8.25. The molecular weight excluding hydrogens is 538 g/mol. The van der Waals surface area contributed by atoms with E-state index in [0.717, 1.165) is 41.3 Å². The summed E-state index contributed by atoms with van der Waals surface area (Å²) in [6.07, 6.45) is 5.13. The maximum atomic E-state index is 13.2. The molecule has 1 saturated heterocycles. The van der Waals surface area contributed by atoms with Crippen LogP contribution in [0.5, 0.6) is 0 Å². The van der Waals surface area contributed by atoms with Gasteiger partial charge in [0, 0.05) is 36.8 Å². The van der Waals surface area contributed by atoms with Gasteiger partial charge in [0.15, 0.2) is 0 Å². The number of ether oxygens (including phenoxy) is 2. The van der Waals surface area contributed by atoms with Crippen LogP contribution in [-0.4, -0.2) is 71.6 Å². The fraction of sp³-hybridized carbons (Fsp3) is 0.581. The van der Waals surface area contributed by atoms with Crippen LogP contribution in [0.1, 0.15) is 77.2 Å². The number of rotatable bonds is 1. The van der Waals surface area contributed by atoms with Crippen LogP contribution in [0.2, 0.25) is 0 Å². The number of nitrogens with one attached hydrogen (secondary N) is 3. The molecule has 11 nitrogen and oxygen atoms in total. The Balaban J connectivity index is 1.51. The summed E-state index contributed by atoms with van der Waals surface area (Å²) in [6, 6.07) is 5.63. The van der Waals surface area contributed by atoms with E-state index in [1.807, 2.05) is 45.2 Å². The summed E-state index contributed by atoms with van der Waals surface area (Å²) in [5.74, 6) is -1.74. The van der Waals surface area contributed by atoms with Gasteiger partial charge in [-0.15, -0.1) is 0 Å². The molecule has 5 bridgehead atoms. The first-order valence-corrected chi connectivity index (χ1v) is 15.0. The zero-order valence-corrected chi connectivity index (χ0v) is 25.0. The van der Waals surface area contributed by atoms with Gasteiger partial charge in [0.25, 0.3) is 5.91 Å². The molecule has 2 aliphatic rings. The van der Waals surface area contributed by atoms with E-state index < -0.39 is 36.1 Å². The lowest BCUT2D eigenvalue weighted by Crippen LogP contribution is -2.61. The van der Waals surface area contributed by atoms with Gasteiger partial charge < -0.3 is 20.1 Å². The molecule has 4 atom stereocenters. The number of benzene rings is 1. The van der Waals surface area contributed by atoms with Crippen molar-refractivity contribution >= 4 is 34.5 Å². The summed E-state index contributed by atoms with van der Waals surface area (Å²) in [5.41, 5.74) is 4.83. The molecule has 3 amide bonds. The Labute approximate surface area is 247 Å². The van der Waals surface area contributed by atoms with Gasteiger partial charge in [0.2, 0.25) is 11.8 Å². The van der Waals surface area contributed by atoms with E-state index in [1.165, 1.54) is 5.01 Å². The molecule has 1 aromatic carbocycles. The van der Waals surface area contributed by atoms with Crippen molar-refractivity contribution in [1.82, 2.24) is 26.1 Å². The third-order valence-electron chi connectivity index (χ3n) is 7.74. The molecule has 4 unspecified atom stereocenters. The van der Waals surface area contributed by atoms with E-state index >= 15 is 0 Å². The van der Waals surface area contributed by atoms with E-state index in [9.17, 15) is 19.2 Å². The van der Waals surface area contributed by atoms with Gasteiger partial charge in [-0.05, 0) is 75.0 Å². The monoisotopic (exact) mass is 581 g/mol. The second-order valence-corrected chi connectivity index (χ2v) is 11.5. The van der Waals surface area contributed by atoms with E-state index in [-0.39, 0.29) is 30.8 Å². The predicted molar refractivity (Wildman–Crippen MR) is 157 cm³/mol. The van der Waals surface area contributed by atoms with Crippen LogP contribution in [-0.2, 0) is 35.1 Å². The van der Waals surface area contributed by atoms with Gasteiger partial charge in [0.1, 0.15) is 24.2 Å². The molecule has 11 heteroatoms. The molecular formula is C31H43N5O6. The van der Waals surface area contributed by atoms with Crippen LogP contribution in [0.15, 0.2) is 30.5 Å². The lowest BCUT2D eigenvalue weighted by Gasteiger charge is -2.35. The van der Waals surface area contributed by atoms with Crippen molar-refractivity contribution in [3.8, 4) is 0 Å². The molecule has 1 fully saturated rings. The smallest absolute Gasteiger partial charge is 0.325 e. The van der Waals surface area contributed by atoms with Gasteiger partial charge >= 0.3 is 5.97 Å². The highest BCUT2D eigenvalue weighted by Crippen LogP contribution is 2.24. The average Bonchev–Trinajstić information content (AvgIpc) is 2.97. The van der Waals surface area contributed by atoms with Crippen molar-refractivity contribution in [2.75, 3.05) is 19.8 Å². The molecule has 0 radical (unpaired) electrons. The number of aromatic nitrogens is 1. The summed E-state index contributed by atoms with van der Waals surface area (Å²) >= 11 is 0. The van der Waals surface area contributed by atoms with Gasteiger partial charge in [0.05, 0.1) is 6.61 Å². The van der Waals surface area contributed by atoms with Crippen molar-refractivity contribution in [3.63, 3.8) is 0 Å². The third-order valence-corrected chi connectivity index (χ3v) is 7.74. The van der Waals surface area contributed by atoms with Crippen molar-refractivity contribution in [3.05, 3.63) is 41.7 Å². The Kier molecular flexibility index (Phi) is 10.9. The van der Waals surface area contributed by atoms with E-state index in [2.05, 4.69) is 27.1 Å². The van der Waals surface area contributed by atoms with Crippen LogP contribution in [0.25, 0.3) is 10.8 Å². The minimum atomic E-state index is -0.869. The van der Waals surface area contributed by atoms with Crippen LogP contribution in [0.3, 0.4) is 0 Å². The zero-order chi connectivity index (χ0) is 30.2. The number of hydrazine groups is 1. The number of aryl methyl sites for hydroxylation is 1. The SMILES string of the molecule is CC1NC(=O)C(C(C)C)NC(=O)CCOCCCCc2cc3cc(ccc3cn2)C(C)OC(=O)C2CCCN(N2)C1=O. The Hall–Kier alpha value is -3.57. The summed E-state index contributed by atoms with van der Waals surface area (Å²) in [7, 11) is 0. The van der Waals surface area contributed by atoms with Crippen LogP contribution in [0, 0.1) is 5.92 Å². The minimum Gasteiger partial charge on any atom is -0.457 e. The molecule has 3 N–H and O–H groups in total. The van der Waals surface area contributed by atoms with Crippen LogP contribution < -0.4 is 16.1 Å². The highest BCUT2D eigenvalue weighted by Gasteiger charge is 2.33. The van der Waals surface area contributed by atoms with E-state index in [4.69, 9.17) is 9.47 Å². The number of nitrogens with zero attached hydrogens (tertiary/aromatic N) is 2. The van der Waals surface area contributed by atoms with Gasteiger partial charge in [-0.2, -0.15) is 0 Å². The molecule has 3 heterocycles. The van der Waals surface area contributed by atoms with Crippen LogP contribution in [0.4, 0.5) is 0 Å². The molecule has 42 heavy (non-hydrogen) atoms. The Bertz CT molecular complexity index is 1280. The standard InChI is InChI=1S/C31H43N5O6/c1-19(2)28-29(38)33-20(3)30(39)36-13-7-9-26(35-36)31(40)42-21(4)22-10-11-23-18-32-25(17-24(23)16-22)8-5-6-14-41-15-12-27(37)34-28/h10-11,16-21,26,28,35H,5-9,12-15H2,1-4H3,(H,33,38)(H,34,37). The molecule has 2 aromatic rings. The van der Waals surface area contributed by atoms with Gasteiger partial charge in [-0.1, -0.05) is 26.0 Å². The third kappa shape index (κ3) is 8.25. The Morgan fingerprint density at radius 2 is 1.76 bits per heavy atom. The average molecular weight is 582 g/mol. The molecule has 0 aliphatic carbocycles. The van der Waals surface area contributed by atoms with Gasteiger partial charge in [-0.25, -0.2) is 5.43 Å². The van der Waals surface area contributed by atoms with E-state index in [0.29, 0.717) is 26.0 Å². The first-order valence-electron chi connectivity index (χ1n) is 15.0. The number of amides is 3. The van der Waals surface area contributed by atoms with Crippen molar-refractivity contribution in [2.24, 2.45) is 5.92 Å². The summed E-state index contributed by atoms with van der Waals surface area (Å²) in [5, 5.41) is 8.91. The molecule has 1 aromatic heterocycles. The summed E-state index contributed by atoms with van der Waals surface area (Å²) in [4.78, 5) is 56.5. The maximum Gasteiger partial charge on any atom is 0.325 e. The number of carbonyl (C=O) groups is 4. The largest absolute Gasteiger partial charge is 0.457 e. The maximum absolute atomic E-state index is 13.2. The number of fused-ring (bicyclic) bond motifs is 4. The molecule has 4 rings (SSSR count). The molecule has 0 spiro atoms. The first-order chi connectivity index (χ1) is 20.1. The molecule has 228 valence electrons. The summed E-state index contributed by atoms with van der Waals surface area (Å²) < 4.78 is 11.5. The number of hydrogen-bond donors (Lipinski definition) is 3. The lowest BCUT2D eigenvalue weighted by atomic mass is 10.0. The highest BCUT2D eigenvalue weighted by molar-refractivity contribution is 5.92. The van der Waals surface area contributed by atoms with Crippen molar-refractivity contribution in [2.45, 2.75) is 90.4 Å². The second kappa shape index (κ2) is 14.6. The normalized spacial score (nSPS) is 26.0. The zero-order valence-electron chi connectivity index (χ0n) is 25.0. The lowest BCUT2D eigenvalue weighted by molar-refractivity contribution is -0.157. The second-order valence-electron chi connectivity index (χ2n) is 11.5.